The minimum absolute atomic E-state index is 0. The molecule has 144 valence electrons. The van der Waals surface area contributed by atoms with E-state index in [2.05, 4.69) is 6.58 Å². The molecule has 0 aromatic rings. The molecular weight excluding hydrogens is 332 g/mol. The smallest absolute Gasteiger partial charge is 0.313 e. The third-order valence-electron chi connectivity index (χ3n) is 2.59. The maximum Gasteiger partial charge on any atom is 0.313 e. The topological polar surface area (TPSA) is 74.3 Å². The lowest BCUT2D eigenvalue weighted by molar-refractivity contribution is -0.792. The van der Waals surface area contributed by atoms with Gasteiger partial charge in [-0.25, -0.2) is 9.59 Å². The molecule has 0 heterocycles. The Kier molecular flexibility index (Phi) is 19.5. The number of carbonyl (C=O) groups excluding carboxylic acids is 3. The minimum atomic E-state index is -1.23. The van der Waals surface area contributed by atoms with Crippen LogP contribution in [0.25, 0.3) is 0 Å². The fourth-order valence-electron chi connectivity index (χ4n) is 1.10. The van der Waals surface area contributed by atoms with Crippen LogP contribution in [0.3, 0.4) is 0 Å². The van der Waals surface area contributed by atoms with Crippen molar-refractivity contribution in [3.05, 3.63) is 12.7 Å². The predicted molar refractivity (Wildman–Crippen MR) is 91.1 cm³/mol. The van der Waals surface area contributed by atoms with Crippen LogP contribution in [0, 0.1) is 0 Å². The summed E-state index contributed by atoms with van der Waals surface area (Å²) in [7, 11) is 11.4. The van der Waals surface area contributed by atoms with Crippen LogP contribution in [0.2, 0.25) is 0 Å². The second-order valence-corrected chi connectivity index (χ2v) is 6.84. The third-order valence-corrected chi connectivity index (χ3v) is 2.59. The molecule has 0 aliphatic rings. The number of carboxylic acids is 1. The van der Waals surface area contributed by atoms with Crippen LogP contribution in [0.15, 0.2) is 12.7 Å². The highest BCUT2D eigenvalue weighted by atomic mass is 35.5. The Morgan fingerprint density at radius 2 is 1.04 bits per heavy atom. The molecule has 24 heavy (non-hydrogen) atoms. The Morgan fingerprint density at radius 1 is 0.833 bits per heavy atom. The summed E-state index contributed by atoms with van der Waals surface area (Å²) in [6, 6.07) is 0. The molecule has 2 amide bonds. The Morgan fingerprint density at radius 3 is 1.08 bits per heavy atom. The Balaban J connectivity index is -0.000000128. The van der Waals surface area contributed by atoms with Crippen molar-refractivity contribution in [1.82, 2.24) is 0 Å². The van der Waals surface area contributed by atoms with Crippen LogP contribution in [0.5, 0.6) is 0 Å². The summed E-state index contributed by atoms with van der Waals surface area (Å²) in [5.41, 5.74) is 0. The first-order valence-electron chi connectivity index (χ1n) is 7.77. The maximum absolute atomic E-state index is 11.0. The molecule has 0 bridgehead atoms. The van der Waals surface area contributed by atoms with Crippen molar-refractivity contribution >= 4 is 17.8 Å². The van der Waals surface area contributed by atoms with Crippen LogP contribution in [-0.2, 0) is 14.4 Å². The molecule has 0 unspecified atom stereocenters. The van der Waals surface area contributed by atoms with Crippen LogP contribution in [-0.4, -0.2) is 69.0 Å². The van der Waals surface area contributed by atoms with Gasteiger partial charge in [0.15, 0.2) is 0 Å². The van der Waals surface area contributed by atoms with Gasteiger partial charge in [0, 0.05) is 0 Å². The third kappa shape index (κ3) is 23.0. The van der Waals surface area contributed by atoms with Gasteiger partial charge in [-0.1, -0.05) is 20.4 Å². The molecule has 0 saturated carbocycles. The van der Waals surface area contributed by atoms with E-state index in [1.165, 1.54) is 0 Å². The summed E-state index contributed by atoms with van der Waals surface area (Å²) < 4.78 is 0.904. The van der Waals surface area contributed by atoms with Crippen LogP contribution < -0.4 is 17.5 Å². The van der Waals surface area contributed by atoms with Gasteiger partial charge in [0.05, 0.1) is 61.1 Å². The van der Waals surface area contributed by atoms with E-state index >= 15 is 0 Å². The van der Waals surface area contributed by atoms with Gasteiger partial charge in [0.1, 0.15) is 0 Å². The molecule has 0 saturated heterocycles. The molecule has 6 nitrogen and oxygen atoms in total. The molecule has 0 aromatic carbocycles. The SMILES string of the molecule is C=CC(=O)[O-].CCCC(=O)[N+](C)(C)C.CCCC(=O)[N+](C)(C)C.[Cl-]. The molecule has 0 radical (unpaired) electrons. The second-order valence-electron chi connectivity index (χ2n) is 6.84. The van der Waals surface area contributed by atoms with E-state index in [0.29, 0.717) is 33.6 Å². The van der Waals surface area contributed by atoms with Gasteiger partial charge < -0.3 is 22.3 Å². The fourth-order valence-corrected chi connectivity index (χ4v) is 1.10. The molecular formula is C17H35ClN2O4. The number of carbonyl (C=O) groups is 3. The van der Waals surface area contributed by atoms with Gasteiger partial charge in [-0.05, 0) is 18.9 Å². The highest BCUT2D eigenvalue weighted by molar-refractivity contribution is 5.76. The second kappa shape index (κ2) is 15.3. The van der Waals surface area contributed by atoms with E-state index in [4.69, 9.17) is 9.90 Å². The normalized spacial score (nSPS) is 10.0. The van der Waals surface area contributed by atoms with Crippen molar-refractivity contribution in [2.75, 3.05) is 42.3 Å². The van der Waals surface area contributed by atoms with Gasteiger partial charge in [0.25, 0.3) is 0 Å². The first-order valence-corrected chi connectivity index (χ1v) is 7.77. The summed E-state index contributed by atoms with van der Waals surface area (Å²) in [5.74, 6) is -0.625. The Bertz CT molecular complexity index is 355. The van der Waals surface area contributed by atoms with Gasteiger partial charge in [-0.2, -0.15) is 0 Å². The molecule has 0 aliphatic carbocycles. The zero-order valence-electron chi connectivity index (χ0n) is 16.5. The number of rotatable bonds is 5. The van der Waals surface area contributed by atoms with Gasteiger partial charge in [0.2, 0.25) is 0 Å². The van der Waals surface area contributed by atoms with Crippen molar-refractivity contribution in [2.24, 2.45) is 0 Å². The zero-order chi connectivity index (χ0) is 19.3. The monoisotopic (exact) mass is 366 g/mol. The standard InChI is InChI=1S/2C7H16NO.C3H4O2.ClH/c2*1-5-6-7(9)8(2,3)4;1-2-3(4)5;/h2*5-6H2,1-4H3;2H,1H2,(H,4,5);1H/q2*+1;;/p-2. The lowest BCUT2D eigenvalue weighted by Gasteiger charge is -2.19. The number of quaternary nitrogens is 2. The Labute approximate surface area is 153 Å². The molecule has 0 aromatic heterocycles. The van der Waals surface area contributed by atoms with E-state index in [0.717, 1.165) is 18.9 Å². The van der Waals surface area contributed by atoms with Crippen molar-refractivity contribution in [1.29, 1.82) is 0 Å². The number of halogens is 1. The average molecular weight is 367 g/mol. The van der Waals surface area contributed by atoms with E-state index in [-0.39, 0.29) is 12.4 Å². The van der Waals surface area contributed by atoms with E-state index in [9.17, 15) is 9.59 Å². The number of nitrogens with zero attached hydrogens (tertiary/aromatic N) is 2. The highest BCUT2D eigenvalue weighted by Crippen LogP contribution is 1.99. The van der Waals surface area contributed by atoms with Gasteiger partial charge in [-0.15, -0.1) is 0 Å². The zero-order valence-corrected chi connectivity index (χ0v) is 17.3. The van der Waals surface area contributed by atoms with Crippen molar-refractivity contribution in [3.8, 4) is 0 Å². The molecule has 0 aliphatic heterocycles. The van der Waals surface area contributed by atoms with Crippen LogP contribution in [0.1, 0.15) is 39.5 Å². The van der Waals surface area contributed by atoms with Crippen LogP contribution >= 0.6 is 0 Å². The fraction of sp³-hybridized carbons (Fsp3) is 0.706. The molecule has 0 N–H and O–H groups in total. The Hall–Kier alpha value is -1.24. The summed E-state index contributed by atoms with van der Waals surface area (Å²) in [5, 5.41) is 9.14. The number of amides is 2. The molecule has 0 fully saturated rings. The molecule has 0 atom stereocenters. The number of carboxylic acid groups (broad SMARTS) is 1. The lowest BCUT2D eigenvalue weighted by atomic mass is 10.3. The van der Waals surface area contributed by atoms with Crippen molar-refractivity contribution < 1.29 is 40.9 Å². The summed E-state index contributed by atoms with van der Waals surface area (Å²) in [6.45, 7) is 6.94. The highest BCUT2D eigenvalue weighted by Gasteiger charge is 2.18. The van der Waals surface area contributed by atoms with Gasteiger partial charge in [-0.3, -0.25) is 8.97 Å². The molecule has 7 heteroatoms. The van der Waals surface area contributed by atoms with E-state index in [1.807, 2.05) is 56.1 Å². The molecule has 0 rings (SSSR count). The van der Waals surface area contributed by atoms with Crippen molar-refractivity contribution in [2.45, 2.75) is 39.5 Å². The number of hydrogen-bond donors (Lipinski definition) is 0. The maximum atomic E-state index is 11.0. The lowest BCUT2D eigenvalue weighted by Crippen LogP contribution is -3.00. The number of aliphatic carboxylic acids is 1. The van der Waals surface area contributed by atoms with Gasteiger partial charge >= 0.3 is 11.8 Å². The first kappa shape index (κ1) is 30.6. The number of hydrogen-bond acceptors (Lipinski definition) is 4. The van der Waals surface area contributed by atoms with Crippen LogP contribution in [0.4, 0.5) is 0 Å². The average Bonchev–Trinajstić information content (AvgIpc) is 2.38. The summed E-state index contributed by atoms with van der Waals surface area (Å²) >= 11 is 0. The summed E-state index contributed by atoms with van der Waals surface area (Å²) in [6.07, 6.45) is 4.02. The largest absolute Gasteiger partial charge is 1.00 e. The first-order chi connectivity index (χ1) is 10.2. The van der Waals surface area contributed by atoms with E-state index < -0.39 is 5.97 Å². The quantitative estimate of drug-likeness (QED) is 0.415. The van der Waals surface area contributed by atoms with E-state index in [1.54, 1.807) is 0 Å². The molecule has 0 spiro atoms. The predicted octanol–water partition coefficient (Wildman–Crippen LogP) is -2.04. The van der Waals surface area contributed by atoms with Crippen molar-refractivity contribution in [3.63, 3.8) is 0 Å². The summed E-state index contributed by atoms with van der Waals surface area (Å²) in [4.78, 5) is 31.2. The minimum Gasteiger partial charge on any atom is -1.00 e.